The van der Waals surface area contributed by atoms with Gasteiger partial charge in [0.2, 0.25) is 0 Å². The highest BCUT2D eigenvalue weighted by Crippen LogP contribution is 2.44. The maximum Gasteiger partial charge on any atom is 0.258 e. The van der Waals surface area contributed by atoms with Gasteiger partial charge < -0.3 is 19.4 Å². The molecule has 3 heterocycles. The van der Waals surface area contributed by atoms with Crippen LogP contribution in [0.15, 0.2) is 54.1 Å². The highest BCUT2D eigenvalue weighted by molar-refractivity contribution is 6.21. The van der Waals surface area contributed by atoms with Gasteiger partial charge in [-0.15, -0.1) is 0 Å². The first-order valence-corrected chi connectivity index (χ1v) is 12.1. The summed E-state index contributed by atoms with van der Waals surface area (Å²) in [4.78, 5) is 15.2. The van der Waals surface area contributed by atoms with Crippen molar-refractivity contribution in [1.82, 2.24) is 9.91 Å². The van der Waals surface area contributed by atoms with E-state index in [0.717, 1.165) is 53.7 Å². The Labute approximate surface area is 201 Å². The number of amides is 1. The van der Waals surface area contributed by atoms with Crippen LogP contribution in [0.4, 0.5) is 0 Å². The van der Waals surface area contributed by atoms with E-state index >= 15 is 0 Å². The van der Waals surface area contributed by atoms with E-state index in [1.807, 2.05) is 56.3 Å². The number of fused-ring (bicyclic) bond motifs is 3. The molecule has 0 spiro atoms. The summed E-state index contributed by atoms with van der Waals surface area (Å²) in [6.45, 7) is 7.81. The molecule has 0 atom stereocenters. The van der Waals surface area contributed by atoms with Gasteiger partial charge in [-0.2, -0.15) is 5.10 Å². The highest BCUT2D eigenvalue weighted by atomic mass is 16.6. The van der Waals surface area contributed by atoms with Crippen LogP contribution < -0.4 is 4.74 Å². The lowest BCUT2D eigenvalue weighted by molar-refractivity contribution is -0.0200. The Morgan fingerprint density at radius 3 is 2.59 bits per heavy atom. The number of carbonyl (C=O) groups excluding carboxylic acids is 1. The second-order valence-electron chi connectivity index (χ2n) is 9.95. The number of hydrogen-bond donors (Lipinski definition) is 0. The van der Waals surface area contributed by atoms with Gasteiger partial charge in [0.05, 0.1) is 17.4 Å². The molecular weight excluding hydrogens is 426 g/mol. The van der Waals surface area contributed by atoms with Gasteiger partial charge in [-0.05, 0) is 60.9 Å². The van der Waals surface area contributed by atoms with Crippen LogP contribution in [-0.4, -0.2) is 53.9 Å². The van der Waals surface area contributed by atoms with E-state index in [0.29, 0.717) is 37.1 Å². The van der Waals surface area contributed by atoms with Gasteiger partial charge in [-0.3, -0.25) is 4.79 Å². The number of hydrazone groups is 1. The molecule has 2 aromatic rings. The number of hydrogen-bond acceptors (Lipinski definition) is 5. The number of nitrogens with zero attached hydrogens (tertiary/aromatic N) is 3. The molecule has 0 radical (unpaired) electrons. The van der Waals surface area contributed by atoms with Crippen molar-refractivity contribution < 1.29 is 14.3 Å². The molecule has 2 aromatic carbocycles. The van der Waals surface area contributed by atoms with Gasteiger partial charge in [0.15, 0.2) is 0 Å². The van der Waals surface area contributed by atoms with Gasteiger partial charge in [-0.1, -0.05) is 43.0 Å². The van der Waals surface area contributed by atoms with Crippen LogP contribution in [0, 0.1) is 0 Å². The average molecular weight is 460 g/mol. The Hall–Kier alpha value is -3.12. The number of carbonyl (C=O) groups is 1. The van der Waals surface area contributed by atoms with Crippen molar-refractivity contribution >= 4 is 17.2 Å². The summed E-state index contributed by atoms with van der Waals surface area (Å²) >= 11 is 0. The van der Waals surface area contributed by atoms with Crippen LogP contribution in [0.3, 0.4) is 0 Å². The summed E-state index contributed by atoms with van der Waals surface area (Å²) in [5.74, 6) is 0.711. The van der Waals surface area contributed by atoms with Crippen LogP contribution in [0.1, 0.15) is 59.7 Å². The zero-order chi connectivity index (χ0) is 23.9. The number of ether oxygens (including phenoxy) is 2. The maximum atomic E-state index is 13.3. The first kappa shape index (κ1) is 22.7. The van der Waals surface area contributed by atoms with Crippen LogP contribution in [0.2, 0.25) is 0 Å². The predicted molar refractivity (Wildman–Crippen MR) is 134 cm³/mol. The van der Waals surface area contributed by atoms with Crippen molar-refractivity contribution in [3.05, 3.63) is 71.3 Å². The third kappa shape index (κ3) is 4.34. The molecule has 1 amide bonds. The van der Waals surface area contributed by atoms with Crippen molar-refractivity contribution in [3.63, 3.8) is 0 Å². The minimum atomic E-state index is -0.157. The van der Waals surface area contributed by atoms with Crippen molar-refractivity contribution in [2.75, 3.05) is 20.7 Å². The Bertz CT molecular complexity index is 1130. The normalized spacial score (nSPS) is 23.4. The summed E-state index contributed by atoms with van der Waals surface area (Å²) in [5, 5.41) is 6.20. The van der Waals surface area contributed by atoms with Crippen LogP contribution >= 0.6 is 0 Å². The quantitative estimate of drug-likeness (QED) is 0.417. The van der Waals surface area contributed by atoms with Crippen molar-refractivity contribution in [3.8, 4) is 5.75 Å². The molecule has 2 bridgehead atoms. The summed E-state index contributed by atoms with van der Waals surface area (Å²) in [5.41, 5.74) is 5.45. The fraction of sp³-hybridized carbons (Fsp3) is 0.429. The van der Waals surface area contributed by atoms with Crippen LogP contribution in [0.25, 0.3) is 5.57 Å². The standard InChI is InChI=1S/C28H33N3O3/c1-19(20(2)29-30(3)4)22-10-8-21(9-11-22)16-31-17-23-6-5-7-25(26(23)27(31)32)33-18-28-14-12-24(34-28)13-15-28/h5-11,24H,1,12-18H2,2-4H3/b29-20-. The summed E-state index contributed by atoms with van der Waals surface area (Å²) in [6, 6.07) is 14.1. The van der Waals surface area contributed by atoms with E-state index in [4.69, 9.17) is 9.47 Å². The molecule has 0 aliphatic carbocycles. The smallest absolute Gasteiger partial charge is 0.258 e. The monoisotopic (exact) mass is 459 g/mol. The van der Waals surface area contributed by atoms with Crippen LogP contribution in [0.5, 0.6) is 5.75 Å². The molecule has 0 unspecified atom stereocenters. The SMILES string of the molecule is C=C(/C(C)=N\N(C)C)c1ccc(CN2Cc3cccc(OCC45CCC(CC4)O5)c3C2=O)cc1. The molecular formula is C28H33N3O3. The van der Waals surface area contributed by atoms with Gasteiger partial charge in [0.25, 0.3) is 5.91 Å². The molecule has 0 aromatic heterocycles. The van der Waals surface area contributed by atoms with Crippen molar-refractivity contribution in [2.45, 2.75) is 57.4 Å². The second-order valence-corrected chi connectivity index (χ2v) is 9.95. The summed E-state index contributed by atoms with van der Waals surface area (Å²) in [7, 11) is 3.79. The maximum absolute atomic E-state index is 13.3. The first-order chi connectivity index (χ1) is 16.3. The van der Waals surface area contributed by atoms with E-state index in [9.17, 15) is 4.79 Å². The fourth-order valence-corrected chi connectivity index (χ4v) is 5.33. The second kappa shape index (κ2) is 8.91. The Morgan fingerprint density at radius 2 is 1.94 bits per heavy atom. The minimum absolute atomic E-state index is 0.0298. The lowest BCUT2D eigenvalue weighted by Crippen LogP contribution is -2.33. The third-order valence-electron chi connectivity index (χ3n) is 7.19. The molecule has 3 aliphatic heterocycles. The zero-order valence-electron chi connectivity index (χ0n) is 20.3. The summed E-state index contributed by atoms with van der Waals surface area (Å²) < 4.78 is 12.4. The van der Waals surface area contributed by atoms with E-state index < -0.39 is 0 Å². The molecule has 0 N–H and O–H groups in total. The fourth-order valence-electron chi connectivity index (χ4n) is 5.33. The number of allylic oxidation sites excluding steroid dienone is 1. The third-order valence-corrected chi connectivity index (χ3v) is 7.19. The van der Waals surface area contributed by atoms with E-state index in [1.165, 1.54) is 0 Å². The number of rotatable bonds is 8. The van der Waals surface area contributed by atoms with Crippen molar-refractivity contribution in [1.29, 1.82) is 0 Å². The molecule has 6 nitrogen and oxygen atoms in total. The predicted octanol–water partition coefficient (Wildman–Crippen LogP) is 4.88. The topological polar surface area (TPSA) is 54.4 Å². The Morgan fingerprint density at radius 1 is 1.21 bits per heavy atom. The van der Waals surface area contributed by atoms with E-state index in [-0.39, 0.29) is 11.5 Å². The molecule has 178 valence electrons. The van der Waals surface area contributed by atoms with Gasteiger partial charge in [0, 0.05) is 27.2 Å². The molecule has 2 fully saturated rings. The zero-order valence-corrected chi connectivity index (χ0v) is 20.3. The van der Waals surface area contributed by atoms with Gasteiger partial charge >= 0.3 is 0 Å². The number of benzene rings is 2. The molecule has 0 saturated carbocycles. The molecule has 34 heavy (non-hydrogen) atoms. The van der Waals surface area contributed by atoms with Crippen molar-refractivity contribution in [2.24, 2.45) is 5.10 Å². The van der Waals surface area contributed by atoms with Crippen LogP contribution in [-0.2, 0) is 17.8 Å². The lowest BCUT2D eigenvalue weighted by atomic mass is 9.89. The minimum Gasteiger partial charge on any atom is -0.490 e. The van der Waals surface area contributed by atoms with Gasteiger partial charge in [-0.25, -0.2) is 0 Å². The van der Waals surface area contributed by atoms with E-state index in [1.54, 1.807) is 5.01 Å². The highest BCUT2D eigenvalue weighted by Gasteiger charge is 2.47. The lowest BCUT2D eigenvalue weighted by Gasteiger charge is -2.25. The molecule has 6 heteroatoms. The average Bonchev–Trinajstić information content (AvgIpc) is 3.51. The first-order valence-electron chi connectivity index (χ1n) is 12.1. The largest absolute Gasteiger partial charge is 0.490 e. The summed E-state index contributed by atoms with van der Waals surface area (Å²) in [6.07, 6.45) is 4.74. The molecule has 3 aliphatic rings. The van der Waals surface area contributed by atoms with Gasteiger partial charge in [0.1, 0.15) is 18.0 Å². The van der Waals surface area contributed by atoms with E-state index in [2.05, 4.69) is 23.8 Å². The molecule has 2 saturated heterocycles. The molecule has 5 rings (SSSR count). The Kier molecular flexibility index (Phi) is 5.94. The Balaban J connectivity index is 1.25.